The Balaban J connectivity index is 1.50. The van der Waals surface area contributed by atoms with Gasteiger partial charge in [0, 0.05) is 24.6 Å². The highest BCUT2D eigenvalue weighted by molar-refractivity contribution is 5.93. The second kappa shape index (κ2) is 9.33. The van der Waals surface area contributed by atoms with Crippen molar-refractivity contribution < 1.29 is 9.53 Å². The van der Waals surface area contributed by atoms with E-state index >= 15 is 0 Å². The number of benzene rings is 1. The Hall–Kier alpha value is -3.41. The van der Waals surface area contributed by atoms with Crippen molar-refractivity contribution in [2.24, 2.45) is 0 Å². The van der Waals surface area contributed by atoms with Gasteiger partial charge in [0.1, 0.15) is 11.4 Å². The van der Waals surface area contributed by atoms with E-state index in [2.05, 4.69) is 20.6 Å². The maximum atomic E-state index is 12.3. The van der Waals surface area contributed by atoms with Crippen LogP contribution in [0.4, 0.5) is 5.69 Å². The van der Waals surface area contributed by atoms with Crippen LogP contribution in [0, 0.1) is 0 Å². The number of pyridine rings is 2. The first-order valence-corrected chi connectivity index (χ1v) is 8.75. The molecule has 1 aromatic carbocycles. The Bertz CT molecular complexity index is 867. The van der Waals surface area contributed by atoms with E-state index in [1.54, 1.807) is 25.6 Å². The largest absolute Gasteiger partial charge is 0.497 e. The third-order valence-electron chi connectivity index (χ3n) is 4.05. The minimum absolute atomic E-state index is 0.190. The van der Waals surface area contributed by atoms with Crippen molar-refractivity contribution in [3.63, 3.8) is 0 Å². The highest BCUT2D eigenvalue weighted by atomic mass is 16.5. The van der Waals surface area contributed by atoms with Gasteiger partial charge in [-0.05, 0) is 48.4 Å². The molecule has 2 heterocycles. The SMILES string of the molecule is COc1ccc(CCNC(=O)c2cc(NCc3ccccn3)ccn2)cc1. The monoisotopic (exact) mass is 362 g/mol. The van der Waals surface area contributed by atoms with Gasteiger partial charge in [0.05, 0.1) is 19.3 Å². The van der Waals surface area contributed by atoms with Crippen molar-refractivity contribution in [3.8, 4) is 5.75 Å². The number of carbonyl (C=O) groups excluding carboxylic acids is 1. The van der Waals surface area contributed by atoms with Crippen LogP contribution in [0.25, 0.3) is 0 Å². The maximum Gasteiger partial charge on any atom is 0.269 e. The topological polar surface area (TPSA) is 76.1 Å². The van der Waals surface area contributed by atoms with Crippen LogP contribution in [-0.4, -0.2) is 29.5 Å². The molecule has 0 saturated heterocycles. The molecule has 2 N–H and O–H groups in total. The average Bonchev–Trinajstić information content (AvgIpc) is 2.73. The molecule has 0 unspecified atom stereocenters. The van der Waals surface area contributed by atoms with Crippen LogP contribution >= 0.6 is 0 Å². The number of anilines is 1. The molecule has 3 aromatic rings. The Morgan fingerprint density at radius 3 is 2.63 bits per heavy atom. The van der Waals surface area contributed by atoms with Gasteiger partial charge in [-0.15, -0.1) is 0 Å². The Morgan fingerprint density at radius 2 is 1.89 bits per heavy atom. The molecule has 27 heavy (non-hydrogen) atoms. The number of amides is 1. The van der Waals surface area contributed by atoms with Gasteiger partial charge in [0.15, 0.2) is 0 Å². The molecular formula is C21H22N4O2. The van der Waals surface area contributed by atoms with Crippen molar-refractivity contribution in [2.75, 3.05) is 19.0 Å². The van der Waals surface area contributed by atoms with Crippen LogP contribution < -0.4 is 15.4 Å². The van der Waals surface area contributed by atoms with Crippen molar-refractivity contribution in [1.29, 1.82) is 0 Å². The number of carbonyl (C=O) groups is 1. The third kappa shape index (κ3) is 5.54. The summed E-state index contributed by atoms with van der Waals surface area (Å²) in [5.41, 5.74) is 3.28. The molecular weight excluding hydrogens is 340 g/mol. The van der Waals surface area contributed by atoms with Gasteiger partial charge >= 0.3 is 0 Å². The summed E-state index contributed by atoms with van der Waals surface area (Å²) in [6.07, 6.45) is 4.12. The van der Waals surface area contributed by atoms with E-state index in [4.69, 9.17) is 4.74 Å². The molecule has 0 bridgehead atoms. The summed E-state index contributed by atoms with van der Waals surface area (Å²) in [5, 5.41) is 6.16. The summed E-state index contributed by atoms with van der Waals surface area (Å²) >= 11 is 0. The first kappa shape index (κ1) is 18.4. The van der Waals surface area contributed by atoms with Gasteiger partial charge in [-0.3, -0.25) is 14.8 Å². The van der Waals surface area contributed by atoms with Gasteiger partial charge in [-0.1, -0.05) is 18.2 Å². The van der Waals surface area contributed by atoms with Crippen LogP contribution in [0.5, 0.6) is 5.75 Å². The standard InChI is InChI=1S/C21H22N4O2/c1-27-19-7-5-16(6-8-19)9-12-24-21(26)20-14-17(10-13-23-20)25-15-18-4-2-3-11-22-18/h2-8,10-11,13-14H,9,12,15H2,1H3,(H,23,25)(H,24,26). The number of nitrogens with one attached hydrogen (secondary N) is 2. The first-order chi connectivity index (χ1) is 13.2. The molecule has 0 radical (unpaired) electrons. The number of hydrogen-bond acceptors (Lipinski definition) is 5. The second-order valence-corrected chi connectivity index (χ2v) is 5.96. The molecule has 0 aliphatic heterocycles. The lowest BCUT2D eigenvalue weighted by Crippen LogP contribution is -2.26. The lowest BCUT2D eigenvalue weighted by Gasteiger charge is -2.09. The molecule has 0 aliphatic rings. The number of hydrogen-bond donors (Lipinski definition) is 2. The summed E-state index contributed by atoms with van der Waals surface area (Å²) in [7, 11) is 1.64. The van der Waals surface area contributed by atoms with Gasteiger partial charge in [-0.2, -0.15) is 0 Å². The Morgan fingerprint density at radius 1 is 1.04 bits per heavy atom. The number of methoxy groups -OCH3 is 1. The van der Waals surface area contributed by atoms with Gasteiger partial charge < -0.3 is 15.4 Å². The molecule has 1 amide bonds. The van der Waals surface area contributed by atoms with Crippen LogP contribution in [0.2, 0.25) is 0 Å². The van der Waals surface area contributed by atoms with Crippen molar-refractivity contribution in [1.82, 2.24) is 15.3 Å². The summed E-state index contributed by atoms with van der Waals surface area (Å²) in [6, 6.07) is 17.1. The lowest BCUT2D eigenvalue weighted by molar-refractivity contribution is 0.0949. The predicted octanol–water partition coefficient (Wildman–Crippen LogP) is 3.07. The summed E-state index contributed by atoms with van der Waals surface area (Å²) in [6.45, 7) is 1.13. The van der Waals surface area contributed by atoms with Crippen molar-refractivity contribution in [2.45, 2.75) is 13.0 Å². The minimum atomic E-state index is -0.190. The molecule has 0 spiro atoms. The van der Waals surface area contributed by atoms with E-state index in [0.717, 1.165) is 29.1 Å². The summed E-state index contributed by atoms with van der Waals surface area (Å²) in [5.74, 6) is 0.631. The molecule has 0 fully saturated rings. The molecule has 0 saturated carbocycles. The molecule has 6 heteroatoms. The number of rotatable bonds is 8. The second-order valence-electron chi connectivity index (χ2n) is 5.96. The molecule has 6 nitrogen and oxygen atoms in total. The van der Waals surface area contributed by atoms with Crippen LogP contribution in [-0.2, 0) is 13.0 Å². The molecule has 138 valence electrons. The highest BCUT2D eigenvalue weighted by Crippen LogP contribution is 2.12. The van der Waals surface area contributed by atoms with Crippen molar-refractivity contribution in [3.05, 3.63) is 83.9 Å². The predicted molar refractivity (Wildman–Crippen MR) is 105 cm³/mol. The molecule has 3 rings (SSSR count). The van der Waals surface area contributed by atoms with Gasteiger partial charge in [0.25, 0.3) is 5.91 Å². The fraction of sp³-hybridized carbons (Fsp3) is 0.190. The summed E-state index contributed by atoms with van der Waals surface area (Å²) in [4.78, 5) is 20.8. The highest BCUT2D eigenvalue weighted by Gasteiger charge is 2.07. The quantitative estimate of drug-likeness (QED) is 0.644. The first-order valence-electron chi connectivity index (χ1n) is 8.75. The van der Waals surface area contributed by atoms with Gasteiger partial charge in [-0.25, -0.2) is 0 Å². The average molecular weight is 362 g/mol. The number of aromatic nitrogens is 2. The van der Waals surface area contributed by atoms with E-state index in [9.17, 15) is 4.79 Å². The van der Waals surface area contributed by atoms with E-state index < -0.39 is 0 Å². The smallest absolute Gasteiger partial charge is 0.269 e. The maximum absolute atomic E-state index is 12.3. The van der Waals surface area contributed by atoms with E-state index in [-0.39, 0.29) is 5.91 Å². The van der Waals surface area contributed by atoms with Crippen LogP contribution in [0.3, 0.4) is 0 Å². The Kier molecular flexibility index (Phi) is 6.35. The zero-order valence-electron chi connectivity index (χ0n) is 15.2. The van der Waals surface area contributed by atoms with E-state index in [1.807, 2.05) is 48.5 Å². The number of ether oxygens (including phenoxy) is 1. The summed E-state index contributed by atoms with van der Waals surface area (Å²) < 4.78 is 5.14. The fourth-order valence-electron chi connectivity index (χ4n) is 2.56. The Labute approximate surface area is 158 Å². The van der Waals surface area contributed by atoms with Crippen molar-refractivity contribution >= 4 is 11.6 Å². The van der Waals surface area contributed by atoms with Crippen LogP contribution in [0.1, 0.15) is 21.7 Å². The fourth-order valence-corrected chi connectivity index (χ4v) is 2.56. The van der Waals surface area contributed by atoms with Crippen LogP contribution in [0.15, 0.2) is 67.0 Å². The normalized spacial score (nSPS) is 10.3. The zero-order valence-corrected chi connectivity index (χ0v) is 15.2. The lowest BCUT2D eigenvalue weighted by atomic mass is 10.1. The van der Waals surface area contributed by atoms with E-state index in [0.29, 0.717) is 18.8 Å². The van der Waals surface area contributed by atoms with E-state index in [1.165, 1.54) is 0 Å². The minimum Gasteiger partial charge on any atom is -0.497 e. The molecule has 2 aromatic heterocycles. The number of nitrogens with zero attached hydrogens (tertiary/aromatic N) is 2. The molecule has 0 aliphatic carbocycles. The van der Waals surface area contributed by atoms with Gasteiger partial charge in [0.2, 0.25) is 0 Å². The third-order valence-corrected chi connectivity index (χ3v) is 4.05. The zero-order chi connectivity index (χ0) is 18.9. The molecule has 0 atom stereocenters.